The SMILES string of the molecule is COCCN(Cc1ccco1)C(=O)c1nc2nccc(C)n2n1. The zero-order valence-corrected chi connectivity index (χ0v) is 13.0. The van der Waals surface area contributed by atoms with Gasteiger partial charge < -0.3 is 14.1 Å². The highest BCUT2D eigenvalue weighted by molar-refractivity contribution is 5.90. The smallest absolute Gasteiger partial charge is 0.294 e. The molecule has 0 aliphatic heterocycles. The molecule has 0 aromatic carbocycles. The van der Waals surface area contributed by atoms with Crippen LogP contribution in [0.5, 0.6) is 0 Å². The minimum absolute atomic E-state index is 0.106. The van der Waals surface area contributed by atoms with Crippen LogP contribution in [0.25, 0.3) is 5.78 Å². The van der Waals surface area contributed by atoms with Crippen LogP contribution in [0.15, 0.2) is 35.1 Å². The third-order valence-corrected chi connectivity index (χ3v) is 3.40. The minimum Gasteiger partial charge on any atom is -0.467 e. The Labute approximate surface area is 132 Å². The average molecular weight is 315 g/mol. The van der Waals surface area contributed by atoms with E-state index in [0.29, 0.717) is 31.2 Å². The van der Waals surface area contributed by atoms with Gasteiger partial charge in [-0.2, -0.15) is 4.98 Å². The number of amides is 1. The summed E-state index contributed by atoms with van der Waals surface area (Å²) in [4.78, 5) is 22.6. The zero-order valence-electron chi connectivity index (χ0n) is 13.0. The molecular formula is C15H17N5O3. The van der Waals surface area contributed by atoms with Crippen LogP contribution in [-0.4, -0.2) is 50.7 Å². The van der Waals surface area contributed by atoms with Crippen molar-refractivity contribution in [1.82, 2.24) is 24.5 Å². The van der Waals surface area contributed by atoms with Crippen LogP contribution >= 0.6 is 0 Å². The molecule has 0 aliphatic carbocycles. The van der Waals surface area contributed by atoms with Gasteiger partial charge in [-0.25, -0.2) is 9.50 Å². The summed E-state index contributed by atoms with van der Waals surface area (Å²) in [5.41, 5.74) is 0.857. The summed E-state index contributed by atoms with van der Waals surface area (Å²) in [6, 6.07) is 5.40. The van der Waals surface area contributed by atoms with Crippen molar-refractivity contribution in [3.05, 3.63) is 47.9 Å². The Hall–Kier alpha value is -2.74. The third kappa shape index (κ3) is 3.21. The highest BCUT2D eigenvalue weighted by atomic mass is 16.5. The van der Waals surface area contributed by atoms with E-state index in [-0.39, 0.29) is 11.7 Å². The van der Waals surface area contributed by atoms with E-state index in [1.165, 1.54) is 0 Å². The quantitative estimate of drug-likeness (QED) is 0.682. The number of ether oxygens (including phenoxy) is 1. The first-order valence-electron chi connectivity index (χ1n) is 7.18. The van der Waals surface area contributed by atoms with Gasteiger partial charge in [0.25, 0.3) is 11.7 Å². The molecule has 0 fully saturated rings. The number of carbonyl (C=O) groups is 1. The number of hydrogen-bond acceptors (Lipinski definition) is 6. The first-order chi connectivity index (χ1) is 11.2. The van der Waals surface area contributed by atoms with Crippen molar-refractivity contribution in [3.63, 3.8) is 0 Å². The summed E-state index contributed by atoms with van der Waals surface area (Å²) in [7, 11) is 1.59. The summed E-state index contributed by atoms with van der Waals surface area (Å²) in [5, 5.41) is 4.25. The minimum atomic E-state index is -0.289. The second kappa shape index (κ2) is 6.57. The van der Waals surface area contributed by atoms with Crippen molar-refractivity contribution in [2.75, 3.05) is 20.3 Å². The lowest BCUT2D eigenvalue weighted by Crippen LogP contribution is -2.34. The number of hydrogen-bond donors (Lipinski definition) is 0. The number of methoxy groups -OCH3 is 1. The number of fused-ring (bicyclic) bond motifs is 1. The Kier molecular flexibility index (Phi) is 4.33. The topological polar surface area (TPSA) is 85.8 Å². The maximum atomic E-state index is 12.7. The molecule has 8 heteroatoms. The number of nitrogens with zero attached hydrogens (tertiary/aromatic N) is 5. The normalized spacial score (nSPS) is 11.0. The molecule has 8 nitrogen and oxygen atoms in total. The molecule has 0 N–H and O–H groups in total. The molecule has 23 heavy (non-hydrogen) atoms. The van der Waals surface area contributed by atoms with Crippen molar-refractivity contribution in [1.29, 1.82) is 0 Å². The van der Waals surface area contributed by atoms with Crippen LogP contribution in [-0.2, 0) is 11.3 Å². The molecule has 0 saturated carbocycles. The summed E-state index contributed by atoms with van der Waals surface area (Å²) in [6.07, 6.45) is 3.21. The summed E-state index contributed by atoms with van der Waals surface area (Å²) < 4.78 is 11.9. The van der Waals surface area contributed by atoms with Crippen molar-refractivity contribution >= 4 is 11.7 Å². The number of aromatic nitrogens is 4. The second-order valence-electron chi connectivity index (χ2n) is 5.03. The Morgan fingerprint density at radius 1 is 1.43 bits per heavy atom. The van der Waals surface area contributed by atoms with Crippen LogP contribution < -0.4 is 0 Å². The Bertz CT molecular complexity index is 797. The van der Waals surface area contributed by atoms with Crippen molar-refractivity contribution in [3.8, 4) is 0 Å². The van der Waals surface area contributed by atoms with Crippen LogP contribution in [0.3, 0.4) is 0 Å². The molecule has 120 valence electrons. The predicted molar refractivity (Wildman–Crippen MR) is 80.8 cm³/mol. The molecule has 0 spiro atoms. The fraction of sp³-hybridized carbons (Fsp3) is 0.333. The van der Waals surface area contributed by atoms with Crippen molar-refractivity contribution < 1.29 is 13.9 Å². The molecule has 0 bridgehead atoms. The van der Waals surface area contributed by atoms with Gasteiger partial charge in [0.1, 0.15) is 5.76 Å². The highest BCUT2D eigenvalue weighted by Gasteiger charge is 2.22. The number of furan rings is 1. The average Bonchev–Trinajstić information content (AvgIpc) is 3.20. The van der Waals surface area contributed by atoms with Gasteiger partial charge in [-0.15, -0.1) is 5.10 Å². The molecule has 3 rings (SSSR count). The van der Waals surface area contributed by atoms with Crippen LogP contribution in [0.4, 0.5) is 0 Å². The number of rotatable bonds is 6. The Morgan fingerprint density at radius 3 is 3.00 bits per heavy atom. The molecule has 0 saturated heterocycles. The molecule has 3 heterocycles. The molecule has 3 aromatic rings. The van der Waals surface area contributed by atoms with Crippen LogP contribution in [0.1, 0.15) is 22.1 Å². The van der Waals surface area contributed by atoms with Gasteiger partial charge in [-0.1, -0.05) is 0 Å². The standard InChI is InChI=1S/C15H17N5O3/c1-11-5-6-16-15-17-13(18-20(11)15)14(21)19(7-9-22-2)10-12-4-3-8-23-12/h3-6,8H,7,9-10H2,1-2H3. The Balaban J connectivity index is 1.87. The van der Waals surface area contributed by atoms with E-state index < -0.39 is 0 Å². The van der Waals surface area contributed by atoms with E-state index >= 15 is 0 Å². The molecule has 0 aliphatic rings. The van der Waals surface area contributed by atoms with E-state index in [1.807, 2.05) is 19.1 Å². The first-order valence-corrected chi connectivity index (χ1v) is 7.18. The molecule has 0 radical (unpaired) electrons. The molecular weight excluding hydrogens is 298 g/mol. The maximum absolute atomic E-state index is 12.7. The van der Waals surface area contributed by atoms with E-state index in [1.54, 1.807) is 35.1 Å². The van der Waals surface area contributed by atoms with Gasteiger partial charge in [-0.05, 0) is 25.1 Å². The maximum Gasteiger partial charge on any atom is 0.294 e. The summed E-state index contributed by atoms with van der Waals surface area (Å²) in [5.74, 6) is 0.906. The van der Waals surface area contributed by atoms with Crippen molar-refractivity contribution in [2.24, 2.45) is 0 Å². The van der Waals surface area contributed by atoms with Gasteiger partial charge in [-0.3, -0.25) is 4.79 Å². The monoisotopic (exact) mass is 315 g/mol. The van der Waals surface area contributed by atoms with Crippen molar-refractivity contribution in [2.45, 2.75) is 13.5 Å². The van der Waals surface area contributed by atoms with Gasteiger partial charge in [0, 0.05) is 25.5 Å². The highest BCUT2D eigenvalue weighted by Crippen LogP contribution is 2.10. The summed E-state index contributed by atoms with van der Waals surface area (Å²) in [6.45, 7) is 3.04. The molecule has 1 amide bonds. The number of carbonyl (C=O) groups excluding carboxylic acids is 1. The van der Waals surface area contributed by atoms with Gasteiger partial charge in [0.05, 0.1) is 19.4 Å². The lowest BCUT2D eigenvalue weighted by molar-refractivity contribution is 0.0655. The Morgan fingerprint density at radius 2 is 2.30 bits per heavy atom. The lowest BCUT2D eigenvalue weighted by atomic mass is 10.3. The van der Waals surface area contributed by atoms with Gasteiger partial charge in [0.15, 0.2) is 0 Å². The van der Waals surface area contributed by atoms with E-state index in [2.05, 4.69) is 15.1 Å². The van der Waals surface area contributed by atoms with Gasteiger partial charge >= 0.3 is 0 Å². The van der Waals surface area contributed by atoms with E-state index in [0.717, 1.165) is 5.69 Å². The molecule has 0 unspecified atom stereocenters. The third-order valence-electron chi connectivity index (χ3n) is 3.40. The fourth-order valence-electron chi connectivity index (χ4n) is 2.18. The largest absolute Gasteiger partial charge is 0.467 e. The zero-order chi connectivity index (χ0) is 16.2. The molecule has 3 aromatic heterocycles. The van der Waals surface area contributed by atoms with Gasteiger partial charge in [0.2, 0.25) is 5.82 Å². The van der Waals surface area contributed by atoms with E-state index in [9.17, 15) is 4.79 Å². The predicted octanol–water partition coefficient (Wildman–Crippen LogP) is 1.31. The lowest BCUT2D eigenvalue weighted by Gasteiger charge is -2.19. The van der Waals surface area contributed by atoms with Crippen LogP contribution in [0, 0.1) is 6.92 Å². The first kappa shape index (κ1) is 15.2. The fourth-order valence-corrected chi connectivity index (χ4v) is 2.18. The van der Waals surface area contributed by atoms with Crippen LogP contribution in [0.2, 0.25) is 0 Å². The van der Waals surface area contributed by atoms with E-state index in [4.69, 9.17) is 9.15 Å². The molecule has 0 atom stereocenters. The second-order valence-corrected chi connectivity index (χ2v) is 5.03. The summed E-state index contributed by atoms with van der Waals surface area (Å²) >= 11 is 0. The number of aryl methyl sites for hydroxylation is 1.